The van der Waals surface area contributed by atoms with Crippen molar-refractivity contribution in [1.82, 2.24) is 5.32 Å². The first-order chi connectivity index (χ1) is 9.20. The zero-order chi connectivity index (χ0) is 13.7. The molecule has 0 spiro atoms. The molecule has 0 heterocycles. The Bertz CT molecular complexity index is 402. The molecule has 2 rings (SSSR count). The highest BCUT2D eigenvalue weighted by atomic mass is 19.1. The quantitative estimate of drug-likeness (QED) is 0.748. The van der Waals surface area contributed by atoms with E-state index in [0.29, 0.717) is 18.0 Å². The Labute approximate surface area is 114 Å². The Kier molecular flexibility index (Phi) is 5.32. The van der Waals surface area contributed by atoms with Crippen molar-refractivity contribution in [1.29, 1.82) is 0 Å². The molecule has 3 heteroatoms. The van der Waals surface area contributed by atoms with Crippen LogP contribution in [0.4, 0.5) is 8.78 Å². The summed E-state index contributed by atoms with van der Waals surface area (Å²) in [5.41, 5.74) is 0.631. The number of hydrogen-bond acceptors (Lipinski definition) is 1. The molecule has 1 aromatic carbocycles. The largest absolute Gasteiger partial charge is 0.314 e. The Morgan fingerprint density at radius 2 is 2.11 bits per heavy atom. The van der Waals surface area contributed by atoms with E-state index in [0.717, 1.165) is 37.8 Å². The number of nitrogens with one attached hydrogen (secondary N) is 1. The molecule has 0 saturated heterocycles. The third kappa shape index (κ3) is 4.57. The molecular formula is C16H23F2N. The third-order valence-corrected chi connectivity index (χ3v) is 3.82. The highest BCUT2D eigenvalue weighted by Crippen LogP contribution is 2.34. The van der Waals surface area contributed by atoms with E-state index in [2.05, 4.69) is 12.2 Å². The molecule has 19 heavy (non-hydrogen) atoms. The van der Waals surface area contributed by atoms with Crippen LogP contribution in [0.5, 0.6) is 0 Å². The number of rotatable bonds is 8. The zero-order valence-electron chi connectivity index (χ0n) is 11.6. The highest BCUT2D eigenvalue weighted by molar-refractivity contribution is 5.18. The van der Waals surface area contributed by atoms with Gasteiger partial charge in [-0.15, -0.1) is 0 Å². The molecule has 0 aliphatic heterocycles. The van der Waals surface area contributed by atoms with E-state index >= 15 is 0 Å². The fraction of sp³-hybridized carbons (Fsp3) is 0.625. The fourth-order valence-electron chi connectivity index (χ4n) is 2.57. The van der Waals surface area contributed by atoms with Crippen LogP contribution in [-0.4, -0.2) is 12.6 Å². The van der Waals surface area contributed by atoms with Crippen molar-refractivity contribution in [2.24, 2.45) is 5.92 Å². The number of aryl methyl sites for hydroxylation is 1. The summed E-state index contributed by atoms with van der Waals surface area (Å²) in [4.78, 5) is 0. The molecule has 1 aromatic rings. The average Bonchev–Trinajstić information content (AvgIpc) is 3.20. The van der Waals surface area contributed by atoms with Gasteiger partial charge in [0.15, 0.2) is 0 Å². The first-order valence-corrected chi connectivity index (χ1v) is 7.38. The second kappa shape index (κ2) is 6.99. The van der Waals surface area contributed by atoms with Gasteiger partial charge in [0.2, 0.25) is 0 Å². The molecule has 0 bridgehead atoms. The molecule has 0 amide bonds. The molecule has 1 aliphatic rings. The van der Waals surface area contributed by atoms with Gasteiger partial charge in [0.25, 0.3) is 0 Å². The summed E-state index contributed by atoms with van der Waals surface area (Å²) < 4.78 is 26.3. The topological polar surface area (TPSA) is 12.0 Å². The Hall–Kier alpha value is -0.960. The van der Waals surface area contributed by atoms with E-state index in [1.54, 1.807) is 6.07 Å². The van der Waals surface area contributed by atoms with Crippen LogP contribution in [0.1, 0.15) is 44.6 Å². The minimum absolute atomic E-state index is 0.413. The molecule has 1 unspecified atom stereocenters. The van der Waals surface area contributed by atoms with Gasteiger partial charge < -0.3 is 5.32 Å². The molecule has 1 fully saturated rings. The van der Waals surface area contributed by atoms with Crippen LogP contribution in [0.15, 0.2) is 18.2 Å². The minimum Gasteiger partial charge on any atom is -0.314 e. The first-order valence-electron chi connectivity index (χ1n) is 7.38. The van der Waals surface area contributed by atoms with E-state index in [1.807, 2.05) is 0 Å². The molecule has 0 aromatic heterocycles. The van der Waals surface area contributed by atoms with Crippen LogP contribution in [0.3, 0.4) is 0 Å². The molecule has 1 saturated carbocycles. The predicted molar refractivity (Wildman–Crippen MR) is 74.1 cm³/mol. The monoisotopic (exact) mass is 267 g/mol. The van der Waals surface area contributed by atoms with Crippen molar-refractivity contribution < 1.29 is 8.78 Å². The van der Waals surface area contributed by atoms with Crippen molar-refractivity contribution in [3.8, 4) is 0 Å². The Balaban J connectivity index is 1.77. The third-order valence-electron chi connectivity index (χ3n) is 3.82. The van der Waals surface area contributed by atoms with Gasteiger partial charge in [-0.2, -0.15) is 0 Å². The van der Waals surface area contributed by atoms with Crippen molar-refractivity contribution >= 4 is 0 Å². The first kappa shape index (κ1) is 14.4. The lowest BCUT2D eigenvalue weighted by Gasteiger charge is -2.17. The molecule has 1 aliphatic carbocycles. The smallest absolute Gasteiger partial charge is 0.129 e. The van der Waals surface area contributed by atoms with E-state index < -0.39 is 11.6 Å². The number of halogens is 2. The summed E-state index contributed by atoms with van der Waals surface area (Å²) in [6, 6.07) is 4.47. The highest BCUT2D eigenvalue weighted by Gasteiger charge is 2.30. The van der Waals surface area contributed by atoms with Crippen LogP contribution in [0.2, 0.25) is 0 Å². The van der Waals surface area contributed by atoms with Crippen molar-refractivity contribution in [3.05, 3.63) is 35.4 Å². The van der Waals surface area contributed by atoms with Crippen molar-refractivity contribution in [3.63, 3.8) is 0 Å². The lowest BCUT2D eigenvalue weighted by Crippen LogP contribution is -2.31. The summed E-state index contributed by atoms with van der Waals surface area (Å²) in [6.07, 6.45) is 6.54. The zero-order valence-corrected chi connectivity index (χ0v) is 11.6. The maximum absolute atomic E-state index is 13.5. The SMILES string of the molecule is CCCNC(CCCc1ccc(F)cc1F)C1CC1. The minimum atomic E-state index is -0.498. The van der Waals surface area contributed by atoms with Gasteiger partial charge in [-0.05, 0) is 62.6 Å². The number of benzene rings is 1. The summed E-state index contributed by atoms with van der Waals surface area (Å²) >= 11 is 0. The van der Waals surface area contributed by atoms with Gasteiger partial charge in [-0.1, -0.05) is 13.0 Å². The Morgan fingerprint density at radius 1 is 1.32 bits per heavy atom. The van der Waals surface area contributed by atoms with Crippen LogP contribution in [0.25, 0.3) is 0 Å². The van der Waals surface area contributed by atoms with Crippen LogP contribution >= 0.6 is 0 Å². The summed E-state index contributed by atoms with van der Waals surface area (Å²) in [7, 11) is 0. The predicted octanol–water partition coefficient (Wildman–Crippen LogP) is 4.07. The van der Waals surface area contributed by atoms with Crippen LogP contribution in [-0.2, 0) is 6.42 Å². The molecule has 1 atom stereocenters. The van der Waals surface area contributed by atoms with E-state index in [1.165, 1.54) is 18.9 Å². The van der Waals surface area contributed by atoms with Gasteiger partial charge in [-0.25, -0.2) is 8.78 Å². The molecule has 1 N–H and O–H groups in total. The summed E-state index contributed by atoms with van der Waals surface area (Å²) in [6.45, 7) is 3.23. The standard InChI is InChI=1S/C16H23F2N/c1-2-10-19-16(13-6-7-13)5-3-4-12-8-9-14(17)11-15(12)18/h8-9,11,13,16,19H,2-7,10H2,1H3. The van der Waals surface area contributed by atoms with E-state index in [-0.39, 0.29) is 0 Å². The fourth-order valence-corrected chi connectivity index (χ4v) is 2.57. The molecule has 1 nitrogen and oxygen atoms in total. The van der Waals surface area contributed by atoms with Gasteiger partial charge in [-0.3, -0.25) is 0 Å². The lowest BCUT2D eigenvalue weighted by molar-refractivity contribution is 0.423. The second-order valence-electron chi connectivity index (χ2n) is 5.53. The van der Waals surface area contributed by atoms with Gasteiger partial charge in [0.05, 0.1) is 0 Å². The Morgan fingerprint density at radius 3 is 2.74 bits per heavy atom. The van der Waals surface area contributed by atoms with Crippen LogP contribution < -0.4 is 5.32 Å². The van der Waals surface area contributed by atoms with Crippen LogP contribution in [0, 0.1) is 17.6 Å². The second-order valence-corrected chi connectivity index (χ2v) is 5.53. The number of hydrogen-bond donors (Lipinski definition) is 1. The van der Waals surface area contributed by atoms with Gasteiger partial charge in [0, 0.05) is 12.1 Å². The average molecular weight is 267 g/mol. The maximum atomic E-state index is 13.5. The molecule has 0 radical (unpaired) electrons. The van der Waals surface area contributed by atoms with Crippen molar-refractivity contribution in [2.45, 2.75) is 51.5 Å². The molecule has 106 valence electrons. The maximum Gasteiger partial charge on any atom is 0.129 e. The summed E-state index contributed by atoms with van der Waals surface area (Å²) in [5, 5.41) is 3.59. The summed E-state index contributed by atoms with van der Waals surface area (Å²) in [5.74, 6) is -0.0872. The van der Waals surface area contributed by atoms with E-state index in [4.69, 9.17) is 0 Å². The van der Waals surface area contributed by atoms with Crippen molar-refractivity contribution in [2.75, 3.05) is 6.54 Å². The van der Waals surface area contributed by atoms with E-state index in [9.17, 15) is 8.78 Å². The van der Waals surface area contributed by atoms with Gasteiger partial charge >= 0.3 is 0 Å². The molecular weight excluding hydrogens is 244 g/mol. The lowest BCUT2D eigenvalue weighted by atomic mass is 10.0. The van der Waals surface area contributed by atoms with Gasteiger partial charge in [0.1, 0.15) is 11.6 Å². The normalized spacial score (nSPS) is 16.6.